The van der Waals surface area contributed by atoms with Gasteiger partial charge in [-0.05, 0) is 59.8 Å². The number of carbonyl (C=O) groups excluding carboxylic acids is 2. The van der Waals surface area contributed by atoms with Gasteiger partial charge in [0, 0.05) is 49.7 Å². The summed E-state index contributed by atoms with van der Waals surface area (Å²) in [7, 11) is 1.60. The minimum Gasteiger partial charge on any atom is -0.497 e. The Morgan fingerprint density at radius 2 is 1.65 bits per heavy atom. The average Bonchev–Trinajstić information content (AvgIpc) is 3.37. The molecule has 0 spiro atoms. The third-order valence-electron chi connectivity index (χ3n) is 6.49. The highest BCUT2D eigenvalue weighted by Crippen LogP contribution is 2.32. The highest BCUT2D eigenvalue weighted by atomic mass is 32.1. The van der Waals surface area contributed by atoms with Gasteiger partial charge in [-0.3, -0.25) is 4.79 Å². The number of urea groups is 1. The second-order valence-corrected chi connectivity index (χ2v) is 9.50. The van der Waals surface area contributed by atoms with Crippen molar-refractivity contribution in [2.45, 2.75) is 13.0 Å². The van der Waals surface area contributed by atoms with E-state index in [0.29, 0.717) is 31.7 Å². The third-order valence-corrected chi connectivity index (χ3v) is 7.51. The second-order valence-electron chi connectivity index (χ2n) is 8.50. The molecular weight excluding hydrogens is 448 g/mol. The summed E-state index contributed by atoms with van der Waals surface area (Å²) in [5.74, 6) is 0.699. The molecule has 2 aliphatic rings. The molecule has 1 saturated heterocycles. The van der Waals surface area contributed by atoms with Crippen LogP contribution in [0.1, 0.15) is 20.8 Å². The molecule has 0 aliphatic carbocycles. The third kappa shape index (κ3) is 4.59. The number of carbonyl (C=O) groups is 2. The monoisotopic (exact) mass is 476 g/mol. The molecule has 2 aliphatic heterocycles. The lowest BCUT2D eigenvalue weighted by Gasteiger charge is -2.35. The standard InChI is InChI=1S/C26H28N4O3S/c1-33-21-8-6-19(7-9-21)25(31)28-13-15-29(16-14-28)26(32)27-22-4-2-3-5-23(22)30-12-10-24-20(18-30)11-17-34-24/h2-9,11,17H,10,12-16,18H2,1H3,(H,27,32). The number of nitrogens with one attached hydrogen (secondary N) is 1. The van der Waals surface area contributed by atoms with Crippen LogP contribution in [0.2, 0.25) is 0 Å². The van der Waals surface area contributed by atoms with Gasteiger partial charge >= 0.3 is 6.03 Å². The molecule has 7 nitrogen and oxygen atoms in total. The van der Waals surface area contributed by atoms with Crippen molar-refractivity contribution in [2.24, 2.45) is 0 Å². The molecular formula is C26H28N4O3S. The number of hydrogen-bond donors (Lipinski definition) is 1. The van der Waals surface area contributed by atoms with E-state index in [4.69, 9.17) is 4.74 Å². The van der Waals surface area contributed by atoms with Crippen LogP contribution in [0.3, 0.4) is 0 Å². The Balaban J connectivity index is 1.20. The van der Waals surface area contributed by atoms with E-state index in [1.54, 1.807) is 41.2 Å². The van der Waals surface area contributed by atoms with Crippen molar-refractivity contribution in [3.63, 3.8) is 0 Å². The number of ether oxygens (including phenoxy) is 1. The molecule has 0 radical (unpaired) electrons. The number of hydrogen-bond acceptors (Lipinski definition) is 5. The number of para-hydroxylation sites is 2. The van der Waals surface area contributed by atoms with Gasteiger partial charge in [0.1, 0.15) is 5.75 Å². The molecule has 0 saturated carbocycles. The smallest absolute Gasteiger partial charge is 0.322 e. The van der Waals surface area contributed by atoms with Crippen LogP contribution in [0.25, 0.3) is 0 Å². The minimum absolute atomic E-state index is 0.0223. The molecule has 0 bridgehead atoms. The van der Waals surface area contributed by atoms with E-state index in [1.165, 1.54) is 10.4 Å². The Kier molecular flexibility index (Phi) is 6.40. The molecule has 34 heavy (non-hydrogen) atoms. The van der Waals surface area contributed by atoms with Crippen molar-refractivity contribution in [3.8, 4) is 5.75 Å². The van der Waals surface area contributed by atoms with Crippen molar-refractivity contribution in [2.75, 3.05) is 50.1 Å². The van der Waals surface area contributed by atoms with E-state index in [0.717, 1.165) is 36.6 Å². The van der Waals surface area contributed by atoms with Crippen LogP contribution < -0.4 is 15.0 Å². The summed E-state index contributed by atoms with van der Waals surface area (Å²) < 4.78 is 5.16. The quantitative estimate of drug-likeness (QED) is 0.610. The van der Waals surface area contributed by atoms with Gasteiger partial charge in [0.15, 0.2) is 0 Å². The summed E-state index contributed by atoms with van der Waals surface area (Å²) in [5.41, 5.74) is 3.86. The number of nitrogens with zero attached hydrogens (tertiary/aromatic N) is 3. The second kappa shape index (κ2) is 9.77. The van der Waals surface area contributed by atoms with Gasteiger partial charge in [-0.2, -0.15) is 0 Å². The zero-order valence-corrected chi connectivity index (χ0v) is 20.0. The number of amides is 3. The number of anilines is 2. The molecule has 5 rings (SSSR count). The van der Waals surface area contributed by atoms with E-state index < -0.39 is 0 Å². The fourth-order valence-electron chi connectivity index (χ4n) is 4.53. The van der Waals surface area contributed by atoms with Gasteiger partial charge < -0.3 is 24.8 Å². The number of methoxy groups -OCH3 is 1. The lowest BCUT2D eigenvalue weighted by molar-refractivity contribution is 0.0671. The van der Waals surface area contributed by atoms with Crippen molar-refractivity contribution in [3.05, 3.63) is 76.0 Å². The molecule has 8 heteroatoms. The van der Waals surface area contributed by atoms with Gasteiger partial charge in [-0.1, -0.05) is 12.1 Å². The average molecular weight is 477 g/mol. The summed E-state index contributed by atoms with van der Waals surface area (Å²) >= 11 is 1.82. The topological polar surface area (TPSA) is 65.1 Å². The molecule has 3 heterocycles. The first kappa shape index (κ1) is 22.3. The first-order valence-electron chi connectivity index (χ1n) is 11.5. The highest BCUT2D eigenvalue weighted by molar-refractivity contribution is 7.10. The Labute approximate surface area is 203 Å². The highest BCUT2D eigenvalue weighted by Gasteiger charge is 2.26. The number of rotatable bonds is 4. The maximum Gasteiger partial charge on any atom is 0.322 e. The van der Waals surface area contributed by atoms with E-state index >= 15 is 0 Å². The fourth-order valence-corrected chi connectivity index (χ4v) is 5.42. The molecule has 1 aromatic heterocycles. The summed E-state index contributed by atoms with van der Waals surface area (Å²) in [4.78, 5) is 33.2. The minimum atomic E-state index is -0.128. The summed E-state index contributed by atoms with van der Waals surface area (Å²) in [6, 6.07) is 17.2. The van der Waals surface area contributed by atoms with Crippen LogP contribution in [-0.4, -0.2) is 61.6 Å². The number of fused-ring (bicyclic) bond motifs is 1. The zero-order chi connectivity index (χ0) is 23.5. The Hall–Kier alpha value is -3.52. The maximum atomic E-state index is 13.1. The maximum absolute atomic E-state index is 13.1. The summed E-state index contributed by atoms with van der Waals surface area (Å²) in [6.45, 7) is 3.81. The molecule has 2 aromatic carbocycles. The lowest BCUT2D eigenvalue weighted by atomic mass is 10.1. The lowest BCUT2D eigenvalue weighted by Crippen LogP contribution is -2.51. The van der Waals surface area contributed by atoms with Gasteiger partial charge in [-0.15, -0.1) is 11.3 Å². The van der Waals surface area contributed by atoms with Gasteiger partial charge in [0.05, 0.1) is 18.5 Å². The number of benzene rings is 2. The molecule has 1 fully saturated rings. The molecule has 3 amide bonds. The van der Waals surface area contributed by atoms with Gasteiger partial charge in [0.25, 0.3) is 5.91 Å². The van der Waals surface area contributed by atoms with Gasteiger partial charge in [0.2, 0.25) is 0 Å². The van der Waals surface area contributed by atoms with Gasteiger partial charge in [-0.25, -0.2) is 4.79 Å². The number of piperazine rings is 1. The van der Waals surface area contributed by atoms with Crippen LogP contribution >= 0.6 is 11.3 Å². The summed E-state index contributed by atoms with van der Waals surface area (Å²) in [5, 5.41) is 5.27. The van der Waals surface area contributed by atoms with Crippen molar-refractivity contribution >= 4 is 34.6 Å². The van der Waals surface area contributed by atoms with Crippen molar-refractivity contribution < 1.29 is 14.3 Å². The molecule has 1 N–H and O–H groups in total. The largest absolute Gasteiger partial charge is 0.497 e. The fraction of sp³-hybridized carbons (Fsp3) is 0.308. The summed E-state index contributed by atoms with van der Waals surface area (Å²) in [6.07, 6.45) is 1.03. The normalized spacial score (nSPS) is 15.6. The van der Waals surface area contributed by atoms with Crippen LogP contribution in [0.5, 0.6) is 5.75 Å². The Morgan fingerprint density at radius 3 is 2.41 bits per heavy atom. The van der Waals surface area contributed by atoms with E-state index in [9.17, 15) is 9.59 Å². The first-order chi connectivity index (χ1) is 16.6. The first-order valence-corrected chi connectivity index (χ1v) is 12.4. The van der Waals surface area contributed by atoms with E-state index in [2.05, 4.69) is 27.7 Å². The SMILES string of the molecule is COc1ccc(C(=O)N2CCN(C(=O)Nc3ccccc3N3CCc4sccc4C3)CC2)cc1. The van der Waals surface area contributed by atoms with Crippen LogP contribution in [0.15, 0.2) is 60.0 Å². The molecule has 0 unspecified atom stereocenters. The molecule has 3 aromatic rings. The predicted octanol–water partition coefficient (Wildman–Crippen LogP) is 4.31. The predicted molar refractivity (Wildman–Crippen MR) is 135 cm³/mol. The van der Waals surface area contributed by atoms with Crippen LogP contribution in [0.4, 0.5) is 16.2 Å². The Bertz CT molecular complexity index is 1170. The van der Waals surface area contributed by atoms with Crippen molar-refractivity contribution in [1.82, 2.24) is 9.80 Å². The Morgan fingerprint density at radius 1 is 0.912 bits per heavy atom. The molecule has 0 atom stereocenters. The number of thiophene rings is 1. The molecule has 176 valence electrons. The van der Waals surface area contributed by atoms with Crippen molar-refractivity contribution in [1.29, 1.82) is 0 Å². The van der Waals surface area contributed by atoms with Crippen LogP contribution in [-0.2, 0) is 13.0 Å². The van der Waals surface area contributed by atoms with E-state index in [1.807, 2.05) is 29.5 Å². The van der Waals surface area contributed by atoms with Crippen LogP contribution in [0, 0.1) is 0 Å². The van der Waals surface area contributed by atoms with E-state index in [-0.39, 0.29) is 11.9 Å². The zero-order valence-electron chi connectivity index (χ0n) is 19.2.